The van der Waals surface area contributed by atoms with E-state index in [1.165, 1.54) is 38.3 Å². The van der Waals surface area contributed by atoms with Gasteiger partial charge < -0.3 is 5.41 Å². The van der Waals surface area contributed by atoms with Crippen LogP contribution in [0.25, 0.3) is 0 Å². The largest absolute Gasteiger partial charge is 0.313 e. The molecule has 0 amide bonds. The van der Waals surface area contributed by atoms with Gasteiger partial charge in [0, 0.05) is 0 Å². The number of hydrogen-bond acceptors (Lipinski definition) is 2. The zero-order valence-corrected chi connectivity index (χ0v) is 8.93. The van der Waals surface area contributed by atoms with Crippen molar-refractivity contribution < 1.29 is 4.79 Å². The van der Waals surface area contributed by atoms with Crippen molar-refractivity contribution in [1.82, 2.24) is 0 Å². The van der Waals surface area contributed by atoms with Gasteiger partial charge in [-0.1, -0.05) is 32.1 Å². The van der Waals surface area contributed by atoms with Gasteiger partial charge in [0.15, 0.2) is 0 Å². The van der Waals surface area contributed by atoms with Crippen molar-refractivity contribution in [2.75, 3.05) is 0 Å². The van der Waals surface area contributed by atoms with Crippen molar-refractivity contribution in [1.29, 1.82) is 5.41 Å². The fourth-order valence-electron chi connectivity index (χ4n) is 1.44. The Morgan fingerprint density at radius 3 is 1.86 bits per heavy atom. The van der Waals surface area contributed by atoms with E-state index in [4.69, 9.17) is 5.41 Å². The van der Waals surface area contributed by atoms with Crippen molar-refractivity contribution >= 4 is 12.2 Å². The van der Waals surface area contributed by atoms with Crippen LogP contribution in [0.5, 0.6) is 0 Å². The SMILES string of the molecule is N=CCCCCCCCCCC=C=O. The van der Waals surface area contributed by atoms with E-state index in [1.807, 2.05) is 0 Å². The Labute approximate surface area is 86.9 Å². The van der Waals surface area contributed by atoms with Crippen LogP contribution in [-0.2, 0) is 4.79 Å². The molecule has 0 atom stereocenters. The smallest absolute Gasteiger partial charge is 0.120 e. The number of carbonyl (C=O) groups excluding carboxylic acids is 1. The third-order valence-corrected chi connectivity index (χ3v) is 2.28. The number of unbranched alkanes of at least 4 members (excludes halogenated alkanes) is 8. The average molecular weight is 195 g/mol. The summed E-state index contributed by atoms with van der Waals surface area (Å²) in [6, 6.07) is 0. The Hall–Kier alpha value is -0.880. The molecule has 0 radical (unpaired) electrons. The van der Waals surface area contributed by atoms with E-state index in [9.17, 15) is 4.79 Å². The molecule has 0 rings (SSSR count). The fraction of sp³-hybridized carbons (Fsp3) is 0.750. The molecule has 14 heavy (non-hydrogen) atoms. The predicted octanol–water partition coefficient (Wildman–Crippen LogP) is 3.53. The summed E-state index contributed by atoms with van der Waals surface area (Å²) in [6.45, 7) is 0. The minimum absolute atomic E-state index is 0.886. The van der Waals surface area contributed by atoms with E-state index >= 15 is 0 Å². The fourth-order valence-corrected chi connectivity index (χ4v) is 1.44. The Kier molecular flexibility index (Phi) is 11.4. The maximum atomic E-state index is 9.84. The second-order valence-corrected chi connectivity index (χ2v) is 3.58. The molecule has 1 N–H and O–H groups in total. The molecule has 0 aliphatic rings. The lowest BCUT2D eigenvalue weighted by molar-refractivity contribution is 0.565. The van der Waals surface area contributed by atoms with Gasteiger partial charge in [0.2, 0.25) is 0 Å². The first-order valence-corrected chi connectivity index (χ1v) is 5.60. The number of nitrogens with one attached hydrogen (secondary N) is 1. The van der Waals surface area contributed by atoms with Crippen molar-refractivity contribution in [3.63, 3.8) is 0 Å². The molecular formula is C12H21NO. The summed E-state index contributed by atoms with van der Waals surface area (Å²) in [5, 5.41) is 6.85. The van der Waals surface area contributed by atoms with E-state index < -0.39 is 0 Å². The summed E-state index contributed by atoms with van der Waals surface area (Å²) in [7, 11) is 0. The van der Waals surface area contributed by atoms with Gasteiger partial charge in [-0.3, -0.25) is 0 Å². The summed E-state index contributed by atoms with van der Waals surface area (Å²) in [5.74, 6) is 1.80. The molecule has 0 aliphatic heterocycles. The van der Waals surface area contributed by atoms with E-state index in [0.717, 1.165) is 25.7 Å². The van der Waals surface area contributed by atoms with Crippen molar-refractivity contribution in [3.8, 4) is 0 Å². The van der Waals surface area contributed by atoms with E-state index in [2.05, 4.69) is 0 Å². The van der Waals surface area contributed by atoms with Gasteiger partial charge >= 0.3 is 0 Å². The normalized spacial score (nSPS) is 9.43. The Balaban J connectivity index is 2.91. The molecule has 0 unspecified atom stereocenters. The van der Waals surface area contributed by atoms with Crippen LogP contribution < -0.4 is 0 Å². The third kappa shape index (κ3) is 11.1. The lowest BCUT2D eigenvalue weighted by Gasteiger charge is -1.99. The van der Waals surface area contributed by atoms with Gasteiger partial charge in [0.05, 0.1) is 0 Å². The summed E-state index contributed by atoms with van der Waals surface area (Å²) in [5.41, 5.74) is 0. The van der Waals surface area contributed by atoms with Crippen LogP contribution in [0.15, 0.2) is 6.08 Å². The maximum absolute atomic E-state index is 9.84. The van der Waals surface area contributed by atoms with E-state index in [0.29, 0.717) is 0 Å². The highest BCUT2D eigenvalue weighted by atomic mass is 16.1. The summed E-state index contributed by atoms with van der Waals surface area (Å²) < 4.78 is 0. The minimum Gasteiger partial charge on any atom is -0.313 e. The first-order chi connectivity index (χ1) is 6.91. The molecule has 2 heteroatoms. The van der Waals surface area contributed by atoms with Crippen LogP contribution in [0, 0.1) is 5.41 Å². The molecule has 0 aromatic rings. The lowest BCUT2D eigenvalue weighted by Crippen LogP contribution is -1.81. The first kappa shape index (κ1) is 13.1. The van der Waals surface area contributed by atoms with Crippen LogP contribution in [-0.4, -0.2) is 12.2 Å². The van der Waals surface area contributed by atoms with E-state index in [-0.39, 0.29) is 0 Å². The van der Waals surface area contributed by atoms with Gasteiger partial charge in [-0.15, -0.1) is 0 Å². The standard InChI is InChI=1S/C12H21NO/c13-11-9-7-5-3-1-2-4-6-8-10-12-14/h10-11,13H,1-9H2. The topological polar surface area (TPSA) is 40.9 Å². The van der Waals surface area contributed by atoms with Gasteiger partial charge in [-0.25, -0.2) is 4.79 Å². The minimum atomic E-state index is 0.886. The predicted molar refractivity (Wildman–Crippen MR) is 60.6 cm³/mol. The van der Waals surface area contributed by atoms with Crippen LogP contribution >= 0.6 is 0 Å². The lowest BCUT2D eigenvalue weighted by atomic mass is 10.1. The molecule has 0 aliphatic carbocycles. The number of hydrogen-bond donors (Lipinski definition) is 1. The van der Waals surface area contributed by atoms with Crippen molar-refractivity contribution in [3.05, 3.63) is 6.08 Å². The highest BCUT2D eigenvalue weighted by Crippen LogP contribution is 2.09. The highest BCUT2D eigenvalue weighted by molar-refractivity contribution is 5.52. The van der Waals surface area contributed by atoms with Gasteiger partial charge in [-0.05, 0) is 38.0 Å². The molecule has 0 aromatic heterocycles. The Morgan fingerprint density at radius 1 is 0.857 bits per heavy atom. The maximum Gasteiger partial charge on any atom is 0.120 e. The third-order valence-electron chi connectivity index (χ3n) is 2.28. The Morgan fingerprint density at radius 2 is 1.36 bits per heavy atom. The van der Waals surface area contributed by atoms with Gasteiger partial charge in [0.25, 0.3) is 0 Å². The summed E-state index contributed by atoms with van der Waals surface area (Å²) in [6.07, 6.45) is 13.5. The zero-order valence-electron chi connectivity index (χ0n) is 8.93. The molecule has 0 bridgehead atoms. The monoisotopic (exact) mass is 195 g/mol. The summed E-state index contributed by atoms with van der Waals surface area (Å²) >= 11 is 0. The molecule has 80 valence electrons. The number of allylic oxidation sites excluding steroid dienone is 1. The van der Waals surface area contributed by atoms with Crippen LogP contribution in [0.1, 0.15) is 57.8 Å². The average Bonchev–Trinajstić information content (AvgIpc) is 2.21. The molecule has 0 spiro atoms. The van der Waals surface area contributed by atoms with Crippen LogP contribution in [0.2, 0.25) is 0 Å². The first-order valence-electron chi connectivity index (χ1n) is 5.60. The van der Waals surface area contributed by atoms with Crippen molar-refractivity contribution in [2.45, 2.75) is 57.8 Å². The van der Waals surface area contributed by atoms with Crippen LogP contribution in [0.4, 0.5) is 0 Å². The second-order valence-electron chi connectivity index (χ2n) is 3.58. The van der Waals surface area contributed by atoms with Gasteiger partial charge in [0.1, 0.15) is 5.94 Å². The molecular weight excluding hydrogens is 174 g/mol. The summed E-state index contributed by atoms with van der Waals surface area (Å²) in [4.78, 5) is 9.84. The molecule has 0 heterocycles. The molecule has 0 saturated carbocycles. The zero-order chi connectivity index (χ0) is 10.5. The second kappa shape index (κ2) is 12.1. The van der Waals surface area contributed by atoms with Crippen LogP contribution in [0.3, 0.4) is 0 Å². The van der Waals surface area contributed by atoms with Crippen molar-refractivity contribution in [2.24, 2.45) is 0 Å². The quantitative estimate of drug-likeness (QED) is 0.323. The van der Waals surface area contributed by atoms with E-state index in [1.54, 1.807) is 12.0 Å². The molecule has 2 nitrogen and oxygen atoms in total. The molecule has 0 saturated heterocycles. The van der Waals surface area contributed by atoms with Gasteiger partial charge in [-0.2, -0.15) is 0 Å². The highest BCUT2D eigenvalue weighted by Gasteiger charge is 1.90. The molecule has 0 aromatic carbocycles. The Bertz CT molecular complexity index is 171. The number of rotatable bonds is 10. The molecule has 0 fully saturated rings.